The molecule has 0 aliphatic heterocycles. The normalized spacial score (nSPS) is 16.4. The number of hydrogen-bond acceptors (Lipinski definition) is 4. The maximum Gasteiger partial charge on any atom is 0.329 e. The van der Waals surface area contributed by atoms with Crippen LogP contribution in [0.5, 0.6) is 0 Å². The molecule has 0 N–H and O–H groups in total. The zero-order valence-corrected chi connectivity index (χ0v) is 12.1. The summed E-state index contributed by atoms with van der Waals surface area (Å²) in [5.41, 5.74) is 0.582. The Morgan fingerprint density at radius 2 is 2.11 bits per heavy atom. The number of likely N-dealkylation sites (N-methyl/N-ethyl adjacent to an activating group) is 1. The van der Waals surface area contributed by atoms with E-state index in [1.165, 1.54) is 0 Å². The van der Waals surface area contributed by atoms with Gasteiger partial charge in [-0.2, -0.15) is 5.10 Å². The summed E-state index contributed by atoms with van der Waals surface area (Å²) in [6, 6.07) is 0. The third-order valence-corrected chi connectivity index (χ3v) is 3.95. The second kappa shape index (κ2) is 5.88. The van der Waals surface area contributed by atoms with Gasteiger partial charge in [0.05, 0.1) is 11.5 Å². The summed E-state index contributed by atoms with van der Waals surface area (Å²) in [5, 5.41) is 15.8. The average molecular weight is 287 g/mol. The zero-order chi connectivity index (χ0) is 14.0. The number of nitro groups is 1. The Hall–Kier alpha value is -1.14. The molecule has 7 heteroatoms. The van der Waals surface area contributed by atoms with E-state index in [0.717, 1.165) is 32.2 Å². The van der Waals surface area contributed by atoms with E-state index in [2.05, 4.69) is 5.10 Å². The molecule has 6 nitrogen and oxygen atoms in total. The number of hydrogen-bond donors (Lipinski definition) is 0. The van der Waals surface area contributed by atoms with E-state index in [4.69, 9.17) is 11.6 Å². The Bertz CT molecular complexity index is 467. The van der Waals surface area contributed by atoms with Gasteiger partial charge in [0.1, 0.15) is 5.69 Å². The zero-order valence-electron chi connectivity index (χ0n) is 11.3. The van der Waals surface area contributed by atoms with Gasteiger partial charge in [-0.15, -0.1) is 0 Å². The van der Waals surface area contributed by atoms with Crippen LogP contribution in [0.3, 0.4) is 0 Å². The molecule has 0 amide bonds. The van der Waals surface area contributed by atoms with Crippen molar-refractivity contribution in [3.8, 4) is 0 Å². The predicted octanol–water partition coefficient (Wildman–Crippen LogP) is 2.66. The van der Waals surface area contributed by atoms with Crippen LogP contribution >= 0.6 is 11.6 Å². The van der Waals surface area contributed by atoms with E-state index in [1.54, 1.807) is 4.68 Å². The summed E-state index contributed by atoms with van der Waals surface area (Å²) < 4.78 is 1.56. The van der Waals surface area contributed by atoms with E-state index in [0.29, 0.717) is 12.2 Å². The van der Waals surface area contributed by atoms with Crippen molar-refractivity contribution in [2.75, 3.05) is 20.6 Å². The molecule has 0 saturated heterocycles. The molecule has 0 unspecified atom stereocenters. The molecule has 1 fully saturated rings. The van der Waals surface area contributed by atoms with Crippen molar-refractivity contribution in [3.05, 3.63) is 21.0 Å². The van der Waals surface area contributed by atoms with Crippen molar-refractivity contribution < 1.29 is 4.92 Å². The fourth-order valence-corrected chi connectivity index (χ4v) is 2.82. The molecule has 1 aliphatic rings. The first kappa shape index (κ1) is 14.3. The van der Waals surface area contributed by atoms with Gasteiger partial charge in [0, 0.05) is 12.5 Å². The minimum Gasteiger partial charge on any atom is -0.308 e. The SMILES string of the molecule is CN(C)CCn1nc(C2CCCC2)c([N+](=O)[O-])c1Cl. The van der Waals surface area contributed by atoms with Crippen molar-refractivity contribution in [1.29, 1.82) is 0 Å². The molecule has 2 rings (SSSR count). The highest BCUT2D eigenvalue weighted by molar-refractivity contribution is 6.31. The third kappa shape index (κ3) is 3.06. The fraction of sp³-hybridized carbons (Fsp3) is 0.750. The molecule has 1 aromatic rings. The highest BCUT2D eigenvalue weighted by Gasteiger charge is 2.33. The van der Waals surface area contributed by atoms with Crippen molar-refractivity contribution in [2.45, 2.75) is 38.1 Å². The molecule has 1 heterocycles. The third-order valence-electron chi connectivity index (χ3n) is 3.58. The lowest BCUT2D eigenvalue weighted by Gasteiger charge is -2.09. The van der Waals surface area contributed by atoms with E-state index in [1.807, 2.05) is 19.0 Å². The Balaban J connectivity index is 2.30. The Kier molecular flexibility index (Phi) is 4.42. The smallest absolute Gasteiger partial charge is 0.308 e. The van der Waals surface area contributed by atoms with Crippen LogP contribution in [0.4, 0.5) is 5.69 Å². The predicted molar refractivity (Wildman–Crippen MR) is 73.7 cm³/mol. The second-order valence-electron chi connectivity index (χ2n) is 5.29. The van der Waals surface area contributed by atoms with Crippen LogP contribution in [-0.2, 0) is 6.54 Å². The van der Waals surface area contributed by atoms with Gasteiger partial charge in [-0.1, -0.05) is 24.4 Å². The lowest BCUT2D eigenvalue weighted by molar-refractivity contribution is -0.385. The molecule has 0 aromatic carbocycles. The minimum atomic E-state index is -0.394. The molecule has 1 aromatic heterocycles. The fourth-order valence-electron chi connectivity index (χ4n) is 2.54. The van der Waals surface area contributed by atoms with Gasteiger partial charge in [0.25, 0.3) is 0 Å². The van der Waals surface area contributed by atoms with Gasteiger partial charge in [0.15, 0.2) is 0 Å². The topological polar surface area (TPSA) is 64.2 Å². The summed E-state index contributed by atoms with van der Waals surface area (Å²) in [6.45, 7) is 1.32. The van der Waals surface area contributed by atoms with Gasteiger partial charge >= 0.3 is 5.69 Å². The van der Waals surface area contributed by atoms with Crippen molar-refractivity contribution in [3.63, 3.8) is 0 Å². The number of aromatic nitrogens is 2. The van der Waals surface area contributed by atoms with Crippen molar-refractivity contribution in [1.82, 2.24) is 14.7 Å². The Morgan fingerprint density at radius 3 is 2.63 bits per heavy atom. The summed E-state index contributed by atoms with van der Waals surface area (Å²) in [6.07, 6.45) is 4.18. The highest BCUT2D eigenvalue weighted by atomic mass is 35.5. The molecule has 106 valence electrons. The summed E-state index contributed by atoms with van der Waals surface area (Å²) in [7, 11) is 3.90. The van der Waals surface area contributed by atoms with Crippen LogP contribution in [-0.4, -0.2) is 40.2 Å². The van der Waals surface area contributed by atoms with Gasteiger partial charge in [0.2, 0.25) is 5.15 Å². The molecule has 0 atom stereocenters. The number of nitrogens with zero attached hydrogens (tertiary/aromatic N) is 4. The van der Waals surface area contributed by atoms with E-state index >= 15 is 0 Å². The molecule has 0 spiro atoms. The molecule has 19 heavy (non-hydrogen) atoms. The van der Waals surface area contributed by atoms with Crippen LogP contribution in [0.1, 0.15) is 37.3 Å². The maximum absolute atomic E-state index is 11.2. The first-order chi connectivity index (χ1) is 9.00. The molecule has 0 bridgehead atoms. The lowest BCUT2D eigenvalue weighted by Crippen LogP contribution is -2.19. The van der Waals surface area contributed by atoms with Gasteiger partial charge in [-0.3, -0.25) is 10.1 Å². The van der Waals surface area contributed by atoms with Crippen LogP contribution < -0.4 is 0 Å². The van der Waals surface area contributed by atoms with Gasteiger partial charge < -0.3 is 4.90 Å². The van der Waals surface area contributed by atoms with Gasteiger partial charge in [-0.05, 0) is 26.9 Å². The largest absolute Gasteiger partial charge is 0.329 e. The Labute approximate surface area is 117 Å². The Morgan fingerprint density at radius 1 is 1.47 bits per heavy atom. The van der Waals surface area contributed by atoms with E-state index in [9.17, 15) is 10.1 Å². The standard InChI is InChI=1S/C12H19ClN4O2/c1-15(2)7-8-16-12(13)11(17(18)19)10(14-16)9-5-3-4-6-9/h9H,3-8H2,1-2H3. The van der Waals surface area contributed by atoms with E-state index < -0.39 is 4.92 Å². The van der Waals surface area contributed by atoms with Crippen molar-refractivity contribution >= 4 is 17.3 Å². The number of rotatable bonds is 5. The van der Waals surface area contributed by atoms with Crippen molar-refractivity contribution in [2.24, 2.45) is 0 Å². The first-order valence-electron chi connectivity index (χ1n) is 6.56. The number of halogens is 1. The molecule has 1 saturated carbocycles. The van der Waals surface area contributed by atoms with E-state index in [-0.39, 0.29) is 16.8 Å². The lowest BCUT2D eigenvalue weighted by atomic mass is 10.0. The van der Waals surface area contributed by atoms with Crippen LogP contribution in [0.15, 0.2) is 0 Å². The van der Waals surface area contributed by atoms with Gasteiger partial charge in [-0.25, -0.2) is 4.68 Å². The molecular formula is C12H19ClN4O2. The molecular weight excluding hydrogens is 268 g/mol. The monoisotopic (exact) mass is 286 g/mol. The summed E-state index contributed by atoms with van der Waals surface area (Å²) in [5.74, 6) is 0.193. The summed E-state index contributed by atoms with van der Waals surface area (Å²) in [4.78, 5) is 12.8. The maximum atomic E-state index is 11.2. The second-order valence-corrected chi connectivity index (χ2v) is 5.65. The minimum absolute atomic E-state index is 0.00678. The molecule has 1 aliphatic carbocycles. The highest BCUT2D eigenvalue weighted by Crippen LogP contribution is 2.40. The first-order valence-corrected chi connectivity index (χ1v) is 6.93. The quantitative estimate of drug-likeness (QED) is 0.616. The molecule has 0 radical (unpaired) electrons. The van der Waals surface area contributed by atoms with Crippen LogP contribution in [0.2, 0.25) is 5.15 Å². The van der Waals surface area contributed by atoms with Crippen LogP contribution in [0.25, 0.3) is 0 Å². The average Bonchev–Trinajstić information content (AvgIpc) is 2.93. The summed E-state index contributed by atoms with van der Waals surface area (Å²) >= 11 is 6.13. The van der Waals surface area contributed by atoms with Crippen LogP contribution in [0, 0.1) is 10.1 Å².